The SMILES string of the molecule is CC(=O)OC12CC34CC(CO)(CC31)C(C)C4OS2(=O)=O. The third-order valence-corrected chi connectivity index (χ3v) is 8.18. The predicted octanol–water partition coefficient (Wildman–Crippen LogP) is 0.403. The van der Waals surface area contributed by atoms with E-state index in [-0.39, 0.29) is 35.4 Å². The van der Waals surface area contributed by atoms with E-state index in [2.05, 4.69) is 0 Å². The van der Waals surface area contributed by atoms with Gasteiger partial charge in [-0.2, -0.15) is 8.42 Å². The second kappa shape index (κ2) is 3.23. The molecule has 6 atom stereocenters. The number of hydrogen-bond donors (Lipinski definition) is 1. The predicted molar refractivity (Wildman–Crippen MR) is 66.7 cm³/mol. The minimum absolute atomic E-state index is 0.00848. The van der Waals surface area contributed by atoms with Gasteiger partial charge in [-0.05, 0) is 24.2 Å². The number of hydrogen-bond acceptors (Lipinski definition) is 6. The second-order valence-corrected chi connectivity index (χ2v) is 8.82. The molecule has 0 aromatic heterocycles. The van der Waals surface area contributed by atoms with Crippen LogP contribution in [0.5, 0.6) is 0 Å². The van der Waals surface area contributed by atoms with Crippen molar-refractivity contribution in [2.75, 3.05) is 6.61 Å². The third kappa shape index (κ3) is 1.05. The number of carbonyl (C=O) groups is 1. The van der Waals surface area contributed by atoms with Gasteiger partial charge in [-0.15, -0.1) is 0 Å². The highest BCUT2D eigenvalue weighted by Gasteiger charge is 2.88. The zero-order valence-corrected chi connectivity index (χ0v) is 12.3. The standard InChI is InChI=1S/C13H18O6S/c1-7-10-12-4-11(7,6-14)3-9(12)13(5-12,18-8(2)15)20(16,17)19-10/h7,9-10,14H,3-6H2,1-2H3. The van der Waals surface area contributed by atoms with Gasteiger partial charge in [0.2, 0.25) is 4.93 Å². The van der Waals surface area contributed by atoms with Crippen LogP contribution in [-0.4, -0.2) is 37.1 Å². The summed E-state index contributed by atoms with van der Waals surface area (Å²) in [5.41, 5.74) is -0.518. The van der Waals surface area contributed by atoms with Crippen molar-refractivity contribution < 1.29 is 27.2 Å². The van der Waals surface area contributed by atoms with Gasteiger partial charge in [-0.3, -0.25) is 8.98 Å². The summed E-state index contributed by atoms with van der Waals surface area (Å²) in [7, 11) is -3.92. The van der Waals surface area contributed by atoms with Gasteiger partial charge in [-0.1, -0.05) is 6.92 Å². The maximum Gasteiger partial charge on any atom is 0.309 e. The fourth-order valence-electron chi connectivity index (χ4n) is 5.58. The van der Waals surface area contributed by atoms with Crippen LogP contribution in [0.4, 0.5) is 0 Å². The minimum atomic E-state index is -3.92. The number of esters is 1. The number of rotatable bonds is 2. The van der Waals surface area contributed by atoms with Gasteiger partial charge < -0.3 is 9.84 Å². The first-order chi connectivity index (χ1) is 9.23. The van der Waals surface area contributed by atoms with Gasteiger partial charge >= 0.3 is 16.1 Å². The zero-order valence-electron chi connectivity index (χ0n) is 11.5. The average Bonchev–Trinajstić information content (AvgIpc) is 2.75. The highest BCUT2D eigenvalue weighted by molar-refractivity contribution is 7.88. The molecule has 5 rings (SSSR count). The lowest BCUT2D eigenvalue weighted by atomic mass is 9.54. The molecule has 0 aromatic carbocycles. The molecule has 5 fully saturated rings. The molecule has 1 N–H and O–H groups in total. The Morgan fingerprint density at radius 2 is 2.15 bits per heavy atom. The first-order valence-corrected chi connectivity index (χ1v) is 8.37. The third-order valence-electron chi connectivity index (χ3n) is 6.36. The number of aliphatic hydroxyl groups excluding tert-OH is 1. The topological polar surface area (TPSA) is 89.9 Å². The van der Waals surface area contributed by atoms with E-state index in [1.54, 1.807) is 0 Å². The summed E-state index contributed by atoms with van der Waals surface area (Å²) in [5, 5.41) is 9.78. The van der Waals surface area contributed by atoms with E-state index in [4.69, 9.17) is 8.92 Å². The fraction of sp³-hybridized carbons (Fsp3) is 0.923. The Labute approximate surface area is 117 Å². The van der Waals surface area contributed by atoms with Gasteiger partial charge in [0.15, 0.2) is 0 Å². The normalized spacial score (nSPS) is 57.2. The largest absolute Gasteiger partial charge is 0.440 e. The van der Waals surface area contributed by atoms with Crippen molar-refractivity contribution in [3.63, 3.8) is 0 Å². The molecule has 3 saturated carbocycles. The van der Waals surface area contributed by atoms with Crippen LogP contribution in [0.2, 0.25) is 0 Å². The van der Waals surface area contributed by atoms with Crippen molar-refractivity contribution >= 4 is 16.1 Å². The van der Waals surface area contributed by atoms with Gasteiger partial charge in [0.25, 0.3) is 0 Å². The molecular weight excluding hydrogens is 284 g/mol. The maximum atomic E-state index is 12.4. The first-order valence-electron chi connectivity index (χ1n) is 6.96. The molecule has 3 bridgehead atoms. The first kappa shape index (κ1) is 13.0. The van der Waals surface area contributed by atoms with Crippen molar-refractivity contribution in [1.82, 2.24) is 0 Å². The summed E-state index contributed by atoms with van der Waals surface area (Å²) in [6.45, 7) is 3.21. The van der Waals surface area contributed by atoms with E-state index in [1.165, 1.54) is 6.92 Å². The van der Waals surface area contributed by atoms with E-state index in [0.717, 1.165) is 6.42 Å². The zero-order chi connectivity index (χ0) is 14.6. The quantitative estimate of drug-likeness (QED) is 0.587. The molecule has 2 aliphatic heterocycles. The Hall–Kier alpha value is -0.660. The molecule has 20 heavy (non-hydrogen) atoms. The number of carbonyl (C=O) groups excluding carboxylic acids is 1. The van der Waals surface area contributed by atoms with Crippen molar-refractivity contribution in [2.24, 2.45) is 22.7 Å². The minimum Gasteiger partial charge on any atom is -0.440 e. The summed E-state index contributed by atoms with van der Waals surface area (Å²) in [6, 6.07) is 0. The molecular formula is C13H18O6S. The molecule has 6 nitrogen and oxygen atoms in total. The van der Waals surface area contributed by atoms with E-state index in [1.807, 2.05) is 6.92 Å². The molecule has 0 aromatic rings. The smallest absolute Gasteiger partial charge is 0.309 e. The number of ether oxygens (including phenoxy) is 1. The van der Waals surface area contributed by atoms with Gasteiger partial charge in [0, 0.05) is 31.3 Å². The lowest BCUT2D eigenvalue weighted by Gasteiger charge is -2.64. The highest BCUT2D eigenvalue weighted by atomic mass is 32.2. The Morgan fingerprint density at radius 1 is 1.45 bits per heavy atom. The lowest BCUT2D eigenvalue weighted by Crippen LogP contribution is -2.75. The fourth-order valence-corrected chi connectivity index (χ4v) is 7.71. The number of fused-ring (bicyclic) bond motifs is 2. The molecule has 6 unspecified atom stereocenters. The Bertz CT molecular complexity index is 614. The average molecular weight is 302 g/mol. The molecule has 112 valence electrons. The lowest BCUT2D eigenvalue weighted by molar-refractivity contribution is -0.231. The molecule has 5 aliphatic rings. The molecule has 0 radical (unpaired) electrons. The summed E-state index contributed by atoms with van der Waals surface area (Å²) >= 11 is 0. The van der Waals surface area contributed by atoms with Crippen LogP contribution in [0.25, 0.3) is 0 Å². The van der Waals surface area contributed by atoms with Crippen molar-refractivity contribution in [3.8, 4) is 0 Å². The van der Waals surface area contributed by atoms with Crippen LogP contribution in [0.1, 0.15) is 33.1 Å². The van der Waals surface area contributed by atoms with Crippen LogP contribution < -0.4 is 0 Å². The summed E-state index contributed by atoms with van der Waals surface area (Å²) in [4.78, 5) is 9.82. The van der Waals surface area contributed by atoms with Gasteiger partial charge in [0.1, 0.15) is 0 Å². The van der Waals surface area contributed by atoms with Crippen LogP contribution in [0.15, 0.2) is 0 Å². The molecule has 2 heterocycles. The highest BCUT2D eigenvalue weighted by Crippen LogP contribution is 2.81. The summed E-state index contributed by atoms with van der Waals surface area (Å²) in [5.74, 6) is -0.820. The van der Waals surface area contributed by atoms with Crippen molar-refractivity contribution in [1.29, 1.82) is 0 Å². The monoisotopic (exact) mass is 302 g/mol. The van der Waals surface area contributed by atoms with Gasteiger partial charge in [0.05, 0.1) is 6.10 Å². The van der Waals surface area contributed by atoms with Crippen molar-refractivity contribution in [3.05, 3.63) is 0 Å². The van der Waals surface area contributed by atoms with Crippen LogP contribution in [-0.2, 0) is 23.8 Å². The van der Waals surface area contributed by atoms with Crippen LogP contribution in [0.3, 0.4) is 0 Å². The Balaban J connectivity index is 1.84. The van der Waals surface area contributed by atoms with Crippen molar-refractivity contribution in [2.45, 2.75) is 44.1 Å². The Morgan fingerprint density at radius 3 is 2.75 bits per heavy atom. The molecule has 3 aliphatic carbocycles. The van der Waals surface area contributed by atoms with Crippen LogP contribution >= 0.6 is 0 Å². The summed E-state index contributed by atoms with van der Waals surface area (Å²) in [6.07, 6.45) is 1.31. The van der Waals surface area contributed by atoms with E-state index in [0.29, 0.717) is 12.8 Å². The Kier molecular flexibility index (Phi) is 2.10. The maximum absolute atomic E-state index is 12.4. The second-order valence-electron chi connectivity index (χ2n) is 7.03. The van der Waals surface area contributed by atoms with Gasteiger partial charge in [-0.25, -0.2) is 0 Å². The van der Waals surface area contributed by atoms with E-state index < -0.39 is 21.0 Å². The van der Waals surface area contributed by atoms with E-state index in [9.17, 15) is 18.3 Å². The molecule has 0 amide bonds. The van der Waals surface area contributed by atoms with E-state index >= 15 is 0 Å². The summed E-state index contributed by atoms with van der Waals surface area (Å²) < 4.78 is 35.5. The molecule has 1 spiro atoms. The number of aliphatic hydroxyl groups is 1. The molecule has 2 saturated heterocycles. The van der Waals surface area contributed by atoms with Crippen LogP contribution in [0, 0.1) is 22.7 Å². The molecule has 7 heteroatoms.